The third kappa shape index (κ3) is 5.37. The van der Waals surface area contributed by atoms with Crippen LogP contribution < -0.4 is 5.32 Å². The smallest absolute Gasteiger partial charge is 0.000439 e. The summed E-state index contributed by atoms with van der Waals surface area (Å²) in [4.78, 5) is 2.68. The molecule has 2 nitrogen and oxygen atoms in total. The Balaban J connectivity index is 0.00000128. The second kappa shape index (κ2) is 9.04. The zero-order chi connectivity index (χ0) is 15.0. The van der Waals surface area contributed by atoms with E-state index in [0.717, 1.165) is 23.8 Å². The number of rotatable bonds is 6. The Morgan fingerprint density at radius 3 is 2.30 bits per heavy atom. The van der Waals surface area contributed by atoms with Gasteiger partial charge in [-0.3, -0.25) is 0 Å². The summed E-state index contributed by atoms with van der Waals surface area (Å²) in [6, 6.07) is 0. The predicted molar refractivity (Wildman–Crippen MR) is 92.3 cm³/mol. The fourth-order valence-electron chi connectivity index (χ4n) is 3.99. The third-order valence-electron chi connectivity index (χ3n) is 4.96. The molecule has 0 aromatic heterocycles. The van der Waals surface area contributed by atoms with Gasteiger partial charge in [0.05, 0.1) is 0 Å². The molecule has 2 aliphatic rings. The van der Waals surface area contributed by atoms with E-state index >= 15 is 0 Å². The van der Waals surface area contributed by atoms with E-state index in [1.165, 1.54) is 58.3 Å². The minimum atomic E-state index is 0. The van der Waals surface area contributed by atoms with Crippen LogP contribution in [0.2, 0.25) is 0 Å². The summed E-state index contributed by atoms with van der Waals surface area (Å²) in [5, 5.41) is 3.46. The number of likely N-dealkylation sites (tertiary alicyclic amines) is 1. The molecule has 1 heterocycles. The van der Waals surface area contributed by atoms with Gasteiger partial charge in [-0.15, -0.1) is 0 Å². The highest BCUT2D eigenvalue weighted by molar-refractivity contribution is 4.97. The van der Waals surface area contributed by atoms with Gasteiger partial charge < -0.3 is 10.2 Å². The summed E-state index contributed by atoms with van der Waals surface area (Å²) in [5.41, 5.74) is 0.768. The van der Waals surface area contributed by atoms with E-state index in [0.29, 0.717) is 0 Å². The molecule has 0 amide bonds. The van der Waals surface area contributed by atoms with Crippen molar-refractivity contribution < 1.29 is 1.43 Å². The molecule has 0 bridgehead atoms. The van der Waals surface area contributed by atoms with Crippen molar-refractivity contribution in [1.82, 2.24) is 10.2 Å². The highest BCUT2D eigenvalue weighted by atomic mass is 15.1. The molecule has 1 aliphatic carbocycles. The molecule has 0 aromatic carbocycles. The van der Waals surface area contributed by atoms with Crippen molar-refractivity contribution in [3.8, 4) is 0 Å². The predicted octanol–water partition coefficient (Wildman–Crippen LogP) is 4.41. The minimum Gasteiger partial charge on any atom is -0.317 e. The van der Waals surface area contributed by atoms with E-state index in [1.807, 2.05) is 13.8 Å². The fourth-order valence-corrected chi connectivity index (χ4v) is 3.99. The Morgan fingerprint density at radius 2 is 1.80 bits per heavy atom. The molecular weight excluding hydrogens is 244 g/mol. The molecule has 2 fully saturated rings. The van der Waals surface area contributed by atoms with Gasteiger partial charge in [0, 0.05) is 7.97 Å². The monoisotopic (exact) mass is 284 g/mol. The average Bonchev–Trinajstić information content (AvgIpc) is 2.41. The Labute approximate surface area is 129 Å². The molecule has 2 rings (SSSR count). The van der Waals surface area contributed by atoms with Crippen LogP contribution in [-0.2, 0) is 0 Å². The van der Waals surface area contributed by atoms with Crippen molar-refractivity contribution in [3.05, 3.63) is 0 Å². The highest BCUT2D eigenvalue weighted by Crippen LogP contribution is 2.53. The fraction of sp³-hybridized carbons (Fsp3) is 1.00. The molecular formula is C18H40N2. The number of hydrogen-bond acceptors (Lipinski definition) is 2. The summed E-state index contributed by atoms with van der Waals surface area (Å²) in [6.07, 6.45) is 7.39. The van der Waals surface area contributed by atoms with E-state index in [-0.39, 0.29) is 1.43 Å². The zero-order valence-corrected chi connectivity index (χ0v) is 14.7. The summed E-state index contributed by atoms with van der Waals surface area (Å²) in [5.74, 6) is 1.86. The topological polar surface area (TPSA) is 15.3 Å². The van der Waals surface area contributed by atoms with Crippen LogP contribution in [0, 0.1) is 17.3 Å². The quantitative estimate of drug-likeness (QED) is 0.727. The average molecular weight is 285 g/mol. The molecule has 1 spiro atoms. The third-order valence-corrected chi connectivity index (χ3v) is 4.96. The highest BCUT2D eigenvalue weighted by Gasteiger charge is 2.44. The molecule has 0 radical (unpaired) electrons. The second-order valence-electron chi connectivity index (χ2n) is 7.11. The maximum absolute atomic E-state index is 3.46. The van der Waals surface area contributed by atoms with Crippen molar-refractivity contribution in [3.63, 3.8) is 0 Å². The first-order valence-electron chi connectivity index (χ1n) is 9.06. The first-order chi connectivity index (χ1) is 9.63. The van der Waals surface area contributed by atoms with E-state index in [1.54, 1.807) is 0 Å². The summed E-state index contributed by atoms with van der Waals surface area (Å²) >= 11 is 0. The van der Waals surface area contributed by atoms with Gasteiger partial charge in [-0.05, 0) is 75.5 Å². The number of nitrogens with zero attached hydrogens (tertiary/aromatic N) is 1. The lowest BCUT2D eigenvalue weighted by atomic mass is 9.57. The van der Waals surface area contributed by atoms with Gasteiger partial charge in [0.15, 0.2) is 0 Å². The maximum Gasteiger partial charge on any atom is 0.000439 e. The van der Waals surface area contributed by atoms with Crippen molar-refractivity contribution in [2.24, 2.45) is 17.3 Å². The van der Waals surface area contributed by atoms with Crippen LogP contribution in [0.3, 0.4) is 0 Å². The van der Waals surface area contributed by atoms with Crippen molar-refractivity contribution in [1.29, 1.82) is 0 Å². The Hall–Kier alpha value is -0.0800. The number of hydrogen-bond donors (Lipinski definition) is 1. The first-order valence-corrected chi connectivity index (χ1v) is 9.06. The van der Waals surface area contributed by atoms with Gasteiger partial charge in [-0.1, -0.05) is 34.6 Å². The Bertz CT molecular complexity index is 240. The molecule has 1 N–H and O–H groups in total. The standard InChI is InChI=1S/C16H32N2.C2H6.H2/c1-4-17-8-5-15-11-16(12-15)6-9-18(10-7-16)13-14(2)3;1-2;/h14-15,17H,4-13H2,1-3H3;1-2H3;1H. The van der Waals surface area contributed by atoms with Gasteiger partial charge in [-0.25, -0.2) is 0 Å². The van der Waals surface area contributed by atoms with Crippen LogP contribution in [0.15, 0.2) is 0 Å². The van der Waals surface area contributed by atoms with E-state index in [9.17, 15) is 0 Å². The summed E-state index contributed by atoms with van der Waals surface area (Å²) in [6.45, 7) is 17.3. The summed E-state index contributed by atoms with van der Waals surface area (Å²) in [7, 11) is 0. The Morgan fingerprint density at radius 1 is 1.20 bits per heavy atom. The molecule has 0 aromatic rings. The van der Waals surface area contributed by atoms with E-state index < -0.39 is 0 Å². The summed E-state index contributed by atoms with van der Waals surface area (Å²) < 4.78 is 0. The van der Waals surface area contributed by atoms with Crippen molar-refractivity contribution in [2.45, 2.75) is 66.7 Å². The molecule has 1 aliphatic heterocycles. The van der Waals surface area contributed by atoms with Crippen molar-refractivity contribution >= 4 is 0 Å². The molecule has 122 valence electrons. The number of piperidine rings is 1. The normalized spacial score (nSPS) is 22.5. The van der Waals surface area contributed by atoms with Crippen LogP contribution in [-0.4, -0.2) is 37.6 Å². The van der Waals surface area contributed by atoms with Gasteiger partial charge in [0.1, 0.15) is 0 Å². The Kier molecular flexibility index (Phi) is 8.13. The van der Waals surface area contributed by atoms with Gasteiger partial charge >= 0.3 is 0 Å². The second-order valence-corrected chi connectivity index (χ2v) is 7.11. The SMILES string of the molecule is CC.CCNCCC1CC2(CCN(CC(C)C)CC2)C1.[HH]. The molecule has 0 unspecified atom stereocenters. The van der Waals surface area contributed by atoms with Crippen LogP contribution in [0.25, 0.3) is 0 Å². The lowest BCUT2D eigenvalue weighted by molar-refractivity contribution is -0.0180. The molecule has 1 saturated carbocycles. The lowest BCUT2D eigenvalue weighted by Gasteiger charge is -2.52. The van der Waals surface area contributed by atoms with Gasteiger partial charge in [-0.2, -0.15) is 0 Å². The van der Waals surface area contributed by atoms with Gasteiger partial charge in [0.2, 0.25) is 0 Å². The van der Waals surface area contributed by atoms with Crippen LogP contribution >= 0.6 is 0 Å². The molecule has 20 heavy (non-hydrogen) atoms. The molecule has 1 saturated heterocycles. The van der Waals surface area contributed by atoms with Crippen LogP contribution in [0.5, 0.6) is 0 Å². The molecule has 2 heteroatoms. The van der Waals surface area contributed by atoms with Gasteiger partial charge in [0.25, 0.3) is 0 Å². The molecule has 0 atom stereocenters. The largest absolute Gasteiger partial charge is 0.317 e. The zero-order valence-electron chi connectivity index (χ0n) is 14.7. The van der Waals surface area contributed by atoms with E-state index in [2.05, 4.69) is 31.0 Å². The minimum absolute atomic E-state index is 0. The first kappa shape index (κ1) is 18.0. The number of nitrogens with one attached hydrogen (secondary N) is 1. The van der Waals surface area contributed by atoms with E-state index in [4.69, 9.17) is 0 Å². The van der Waals surface area contributed by atoms with Crippen molar-refractivity contribution in [2.75, 3.05) is 32.7 Å². The van der Waals surface area contributed by atoms with Crippen LogP contribution in [0.4, 0.5) is 0 Å². The van der Waals surface area contributed by atoms with Crippen LogP contribution in [0.1, 0.15) is 68.1 Å². The lowest BCUT2D eigenvalue weighted by Crippen LogP contribution is -2.48. The maximum atomic E-state index is 3.46.